The number of pyridine rings is 1. The van der Waals surface area contributed by atoms with Crippen LogP contribution in [0.25, 0.3) is 0 Å². The molecule has 1 amide bonds. The number of hydrogen-bond donors (Lipinski definition) is 2. The van der Waals surface area contributed by atoms with E-state index in [0.29, 0.717) is 30.2 Å². The first-order valence-corrected chi connectivity index (χ1v) is 6.99. The molecule has 2 aromatic rings. The second kappa shape index (κ2) is 5.65. The number of rotatable bonds is 4. The van der Waals surface area contributed by atoms with Crippen molar-refractivity contribution in [1.82, 2.24) is 10.3 Å². The van der Waals surface area contributed by atoms with Gasteiger partial charge in [0.1, 0.15) is 11.6 Å². The van der Waals surface area contributed by atoms with Gasteiger partial charge in [-0.05, 0) is 36.4 Å². The van der Waals surface area contributed by atoms with Gasteiger partial charge in [0.2, 0.25) is 5.56 Å². The zero-order valence-corrected chi connectivity index (χ0v) is 12.5. The van der Waals surface area contributed by atoms with Gasteiger partial charge in [-0.15, -0.1) is 0 Å². The van der Waals surface area contributed by atoms with E-state index in [2.05, 4.69) is 10.3 Å². The van der Waals surface area contributed by atoms with Crippen molar-refractivity contribution in [3.8, 4) is 5.75 Å². The first kappa shape index (κ1) is 14.3. The van der Waals surface area contributed by atoms with Crippen molar-refractivity contribution in [2.75, 3.05) is 19.1 Å². The summed E-state index contributed by atoms with van der Waals surface area (Å²) in [5, 5.41) is 3.10. The Labute approximate surface area is 127 Å². The molecule has 2 N–H and O–H groups in total. The first-order chi connectivity index (χ1) is 10.6. The highest BCUT2D eigenvalue weighted by atomic mass is 16.5. The van der Waals surface area contributed by atoms with E-state index in [4.69, 9.17) is 4.74 Å². The van der Waals surface area contributed by atoms with Crippen LogP contribution in [0.4, 0.5) is 5.82 Å². The molecule has 0 saturated heterocycles. The Hall–Kier alpha value is -2.60. The van der Waals surface area contributed by atoms with E-state index < -0.39 is 0 Å². The van der Waals surface area contributed by atoms with Crippen molar-refractivity contribution in [2.45, 2.75) is 13.1 Å². The lowest BCUT2D eigenvalue weighted by molar-refractivity contribution is 0.0995. The summed E-state index contributed by atoms with van der Waals surface area (Å²) >= 11 is 0. The molecule has 22 heavy (non-hydrogen) atoms. The van der Waals surface area contributed by atoms with Crippen LogP contribution in [0.15, 0.2) is 35.1 Å². The van der Waals surface area contributed by atoms with E-state index in [1.165, 1.54) is 6.07 Å². The average Bonchev–Trinajstić information content (AvgIpc) is 2.85. The number of hydrogen-bond acceptors (Lipinski definition) is 4. The van der Waals surface area contributed by atoms with E-state index in [1.807, 2.05) is 13.1 Å². The number of nitrogens with zero attached hydrogens (tertiary/aromatic N) is 1. The smallest absolute Gasteiger partial charge is 0.260 e. The summed E-state index contributed by atoms with van der Waals surface area (Å²) in [7, 11) is 3.44. The minimum Gasteiger partial charge on any atom is -0.497 e. The van der Waals surface area contributed by atoms with E-state index in [-0.39, 0.29) is 11.5 Å². The standard InChI is InChI=1S/C16H17N3O3/c1-17-8-10-6-11(22-2)7-12-13(10)9-19(16(12)21)14-4-3-5-15(20)18-14/h3-7,17H,8-9H2,1-2H3,(H,18,20). The van der Waals surface area contributed by atoms with Crippen molar-refractivity contribution in [3.63, 3.8) is 0 Å². The molecule has 3 rings (SSSR count). The number of carbonyl (C=O) groups is 1. The molecule has 1 aliphatic rings. The second-order valence-electron chi connectivity index (χ2n) is 5.13. The number of amides is 1. The number of anilines is 1. The highest BCUT2D eigenvalue weighted by Gasteiger charge is 2.31. The molecule has 2 heterocycles. The summed E-state index contributed by atoms with van der Waals surface area (Å²) in [6, 6.07) is 8.46. The molecule has 1 aliphatic heterocycles. The predicted molar refractivity (Wildman–Crippen MR) is 83.3 cm³/mol. The van der Waals surface area contributed by atoms with Gasteiger partial charge in [-0.3, -0.25) is 14.5 Å². The van der Waals surface area contributed by atoms with E-state index in [9.17, 15) is 9.59 Å². The molecule has 0 radical (unpaired) electrons. The van der Waals surface area contributed by atoms with Crippen LogP contribution in [-0.4, -0.2) is 25.0 Å². The molecule has 1 aromatic carbocycles. The average molecular weight is 299 g/mol. The van der Waals surface area contributed by atoms with Crippen molar-refractivity contribution < 1.29 is 9.53 Å². The van der Waals surface area contributed by atoms with Gasteiger partial charge in [0.25, 0.3) is 5.91 Å². The Balaban J connectivity index is 2.06. The van der Waals surface area contributed by atoms with Gasteiger partial charge in [-0.25, -0.2) is 0 Å². The Morgan fingerprint density at radius 1 is 1.32 bits per heavy atom. The minimum atomic E-state index is -0.228. The highest BCUT2D eigenvalue weighted by Crippen LogP contribution is 2.32. The fraction of sp³-hybridized carbons (Fsp3) is 0.250. The van der Waals surface area contributed by atoms with Crippen LogP contribution < -0.4 is 20.5 Å². The van der Waals surface area contributed by atoms with Gasteiger partial charge in [0, 0.05) is 18.2 Å². The maximum absolute atomic E-state index is 12.7. The fourth-order valence-corrected chi connectivity index (χ4v) is 2.71. The topological polar surface area (TPSA) is 74.4 Å². The third-order valence-corrected chi connectivity index (χ3v) is 3.75. The van der Waals surface area contributed by atoms with Gasteiger partial charge in [0.05, 0.1) is 13.7 Å². The zero-order chi connectivity index (χ0) is 15.7. The van der Waals surface area contributed by atoms with E-state index in [1.54, 1.807) is 30.2 Å². The number of carbonyl (C=O) groups excluding carboxylic acids is 1. The molecule has 0 aliphatic carbocycles. The third-order valence-electron chi connectivity index (χ3n) is 3.75. The Morgan fingerprint density at radius 2 is 2.14 bits per heavy atom. The summed E-state index contributed by atoms with van der Waals surface area (Å²) < 4.78 is 5.28. The quantitative estimate of drug-likeness (QED) is 0.891. The molecule has 0 saturated carbocycles. The molecule has 0 unspecified atom stereocenters. The normalized spacial score (nSPS) is 13.4. The Kier molecular flexibility index (Phi) is 3.68. The van der Waals surface area contributed by atoms with Crippen LogP contribution in [0.3, 0.4) is 0 Å². The van der Waals surface area contributed by atoms with Crippen molar-refractivity contribution in [2.24, 2.45) is 0 Å². The predicted octanol–water partition coefficient (Wildman–Crippen LogP) is 1.26. The van der Waals surface area contributed by atoms with Gasteiger partial charge in [0.15, 0.2) is 0 Å². The molecule has 0 spiro atoms. The molecular weight excluding hydrogens is 282 g/mol. The van der Waals surface area contributed by atoms with Crippen LogP contribution in [0.1, 0.15) is 21.5 Å². The number of fused-ring (bicyclic) bond motifs is 1. The summed E-state index contributed by atoms with van der Waals surface area (Å²) in [6.45, 7) is 1.08. The molecule has 1 aromatic heterocycles. The van der Waals surface area contributed by atoms with Gasteiger partial charge in [-0.1, -0.05) is 6.07 Å². The van der Waals surface area contributed by atoms with Gasteiger partial charge < -0.3 is 15.0 Å². The summed E-state index contributed by atoms with van der Waals surface area (Å²) in [4.78, 5) is 28.4. The number of ether oxygens (including phenoxy) is 1. The van der Waals surface area contributed by atoms with E-state index in [0.717, 1.165) is 11.1 Å². The van der Waals surface area contributed by atoms with Crippen molar-refractivity contribution in [1.29, 1.82) is 0 Å². The van der Waals surface area contributed by atoms with Crippen LogP contribution in [0, 0.1) is 0 Å². The fourth-order valence-electron chi connectivity index (χ4n) is 2.71. The van der Waals surface area contributed by atoms with Gasteiger partial charge >= 0.3 is 0 Å². The van der Waals surface area contributed by atoms with Gasteiger partial charge in [-0.2, -0.15) is 0 Å². The number of H-pyrrole nitrogens is 1. The Morgan fingerprint density at radius 3 is 2.82 bits per heavy atom. The Bertz CT molecular complexity index is 782. The van der Waals surface area contributed by atoms with Crippen LogP contribution in [0.2, 0.25) is 0 Å². The molecule has 114 valence electrons. The molecular formula is C16H17N3O3. The lowest BCUT2D eigenvalue weighted by Crippen LogP contribution is -2.25. The zero-order valence-electron chi connectivity index (χ0n) is 12.5. The molecule has 0 fully saturated rings. The van der Waals surface area contributed by atoms with Crippen LogP contribution >= 0.6 is 0 Å². The molecule has 6 heteroatoms. The van der Waals surface area contributed by atoms with Crippen molar-refractivity contribution >= 4 is 11.7 Å². The largest absolute Gasteiger partial charge is 0.497 e. The summed E-state index contributed by atoms with van der Waals surface area (Å²) in [6.07, 6.45) is 0. The number of benzene rings is 1. The number of nitrogens with one attached hydrogen (secondary N) is 2. The van der Waals surface area contributed by atoms with Crippen LogP contribution in [-0.2, 0) is 13.1 Å². The summed E-state index contributed by atoms with van der Waals surface area (Å²) in [5.41, 5.74) is 2.37. The van der Waals surface area contributed by atoms with Crippen molar-refractivity contribution in [3.05, 3.63) is 57.4 Å². The SMILES string of the molecule is CNCc1cc(OC)cc2c1CN(c1cccc(=O)[nH]1)C2=O. The number of methoxy groups -OCH3 is 1. The molecule has 0 bridgehead atoms. The molecule has 0 atom stereocenters. The first-order valence-electron chi connectivity index (χ1n) is 6.99. The lowest BCUT2D eigenvalue weighted by Gasteiger charge is -2.14. The lowest BCUT2D eigenvalue weighted by atomic mass is 10.0. The van der Waals surface area contributed by atoms with E-state index >= 15 is 0 Å². The maximum atomic E-state index is 12.7. The maximum Gasteiger partial charge on any atom is 0.260 e. The highest BCUT2D eigenvalue weighted by molar-refractivity contribution is 6.10. The third kappa shape index (κ3) is 2.37. The van der Waals surface area contributed by atoms with Crippen LogP contribution in [0.5, 0.6) is 5.75 Å². The second-order valence-corrected chi connectivity index (χ2v) is 5.13. The minimum absolute atomic E-state index is 0.131. The molecule has 6 nitrogen and oxygen atoms in total. The summed E-state index contributed by atoms with van der Waals surface area (Å²) in [5.74, 6) is 1.02. The monoisotopic (exact) mass is 299 g/mol. The number of aromatic amines is 1. The number of aromatic nitrogens is 1.